The Kier molecular flexibility index (Phi) is 5.86. The van der Waals surface area contributed by atoms with Crippen LogP contribution in [0.4, 0.5) is 0 Å². The highest BCUT2D eigenvalue weighted by molar-refractivity contribution is 7.98. The number of aryl methyl sites for hydroxylation is 1. The zero-order chi connectivity index (χ0) is 17.8. The molecule has 3 rings (SSSR count). The molecule has 1 aliphatic carbocycles. The molecular formula is C18H22N2O3S2. The second-order valence-electron chi connectivity index (χ2n) is 5.96. The van der Waals surface area contributed by atoms with Crippen LogP contribution in [0.15, 0.2) is 24.5 Å². The van der Waals surface area contributed by atoms with Gasteiger partial charge in [0, 0.05) is 17.3 Å². The van der Waals surface area contributed by atoms with Gasteiger partial charge in [0.1, 0.15) is 11.0 Å². The number of nitrogens with zero attached hydrogens (tertiary/aromatic N) is 1. The largest absolute Gasteiger partial charge is 0.467 e. The summed E-state index contributed by atoms with van der Waals surface area (Å²) in [6.07, 6.45) is 9.46. The Balaban J connectivity index is 1.89. The summed E-state index contributed by atoms with van der Waals surface area (Å²) in [6.45, 7) is 0. The van der Waals surface area contributed by atoms with E-state index in [1.807, 2.05) is 35.3 Å². The highest BCUT2D eigenvalue weighted by Gasteiger charge is 2.30. The van der Waals surface area contributed by atoms with Crippen molar-refractivity contribution in [2.75, 3.05) is 19.1 Å². The fourth-order valence-corrected chi connectivity index (χ4v) is 4.96. The van der Waals surface area contributed by atoms with Gasteiger partial charge in [-0.1, -0.05) is 0 Å². The quantitative estimate of drug-likeness (QED) is 0.753. The van der Waals surface area contributed by atoms with Gasteiger partial charge in [0.15, 0.2) is 0 Å². The van der Waals surface area contributed by atoms with Crippen LogP contribution in [0.2, 0.25) is 0 Å². The molecule has 0 saturated heterocycles. The van der Waals surface area contributed by atoms with Crippen molar-refractivity contribution in [3.05, 3.63) is 40.5 Å². The van der Waals surface area contributed by atoms with E-state index in [4.69, 9.17) is 4.74 Å². The first-order valence-corrected chi connectivity index (χ1v) is 10.5. The van der Waals surface area contributed by atoms with Crippen molar-refractivity contribution in [2.45, 2.75) is 31.7 Å². The molecule has 2 aromatic rings. The zero-order valence-corrected chi connectivity index (χ0v) is 16.0. The smallest absolute Gasteiger partial charge is 0.328 e. The zero-order valence-electron chi connectivity index (χ0n) is 14.4. The van der Waals surface area contributed by atoms with E-state index in [2.05, 4.69) is 5.32 Å². The number of thiophene rings is 1. The number of ether oxygens (including phenoxy) is 1. The van der Waals surface area contributed by atoms with Crippen molar-refractivity contribution < 1.29 is 14.3 Å². The second-order valence-corrected chi connectivity index (χ2v) is 8.03. The number of amides is 1. The third-order valence-electron chi connectivity index (χ3n) is 4.37. The van der Waals surface area contributed by atoms with Crippen LogP contribution in [0.1, 0.15) is 33.6 Å². The van der Waals surface area contributed by atoms with E-state index < -0.39 is 12.0 Å². The van der Waals surface area contributed by atoms with E-state index in [0.29, 0.717) is 12.0 Å². The van der Waals surface area contributed by atoms with Gasteiger partial charge in [-0.3, -0.25) is 4.79 Å². The average molecular weight is 379 g/mol. The molecule has 25 heavy (non-hydrogen) atoms. The standard InChI is InChI=1S/C18H22N2O3S2/c1-23-18(22)13(8-11-24-2)19-16(21)15-12-6-5-7-14(12)25-17(15)20-9-3-4-10-20/h3-4,9-10,13H,5-8,11H2,1-2H3,(H,19,21)/t13-/m1/s1. The van der Waals surface area contributed by atoms with Gasteiger partial charge in [0.2, 0.25) is 0 Å². The van der Waals surface area contributed by atoms with Gasteiger partial charge in [-0.05, 0) is 55.4 Å². The lowest BCUT2D eigenvalue weighted by Crippen LogP contribution is -2.42. The molecule has 7 heteroatoms. The van der Waals surface area contributed by atoms with Crippen LogP contribution in [0.3, 0.4) is 0 Å². The highest BCUT2D eigenvalue weighted by Crippen LogP contribution is 2.37. The van der Waals surface area contributed by atoms with Gasteiger partial charge >= 0.3 is 5.97 Å². The van der Waals surface area contributed by atoms with E-state index in [1.54, 1.807) is 23.1 Å². The Morgan fingerprint density at radius 1 is 1.36 bits per heavy atom. The van der Waals surface area contributed by atoms with Crippen molar-refractivity contribution in [3.63, 3.8) is 0 Å². The number of hydrogen-bond donors (Lipinski definition) is 1. The fraction of sp³-hybridized carbons (Fsp3) is 0.444. The Morgan fingerprint density at radius 2 is 2.12 bits per heavy atom. The molecule has 0 saturated carbocycles. The number of carbonyl (C=O) groups is 2. The predicted octanol–water partition coefficient (Wildman–Crippen LogP) is 3.05. The summed E-state index contributed by atoms with van der Waals surface area (Å²) in [6, 6.07) is 3.28. The molecule has 134 valence electrons. The Morgan fingerprint density at radius 3 is 2.80 bits per heavy atom. The maximum atomic E-state index is 13.0. The summed E-state index contributed by atoms with van der Waals surface area (Å²) in [7, 11) is 1.36. The lowest BCUT2D eigenvalue weighted by molar-refractivity contribution is -0.142. The SMILES string of the molecule is COC(=O)[C@@H](CCSC)NC(=O)c1c(-n2cccc2)sc2c1CCC2. The van der Waals surface area contributed by atoms with Crippen LogP contribution in [-0.4, -0.2) is 41.6 Å². The molecule has 1 aliphatic rings. The Labute approximate surface area is 155 Å². The highest BCUT2D eigenvalue weighted by atomic mass is 32.2. The fourth-order valence-electron chi connectivity index (χ4n) is 3.13. The molecule has 0 aromatic carbocycles. The Hall–Kier alpha value is -1.73. The number of thioether (sulfide) groups is 1. The minimum Gasteiger partial charge on any atom is -0.467 e. The summed E-state index contributed by atoms with van der Waals surface area (Å²) in [5, 5.41) is 3.83. The van der Waals surface area contributed by atoms with Crippen molar-refractivity contribution in [1.82, 2.24) is 9.88 Å². The van der Waals surface area contributed by atoms with Gasteiger partial charge in [0.25, 0.3) is 5.91 Å². The molecule has 2 aromatic heterocycles. The predicted molar refractivity (Wildman–Crippen MR) is 102 cm³/mol. The number of rotatable bonds is 7. The summed E-state index contributed by atoms with van der Waals surface area (Å²) in [4.78, 5) is 26.3. The molecule has 2 heterocycles. The van der Waals surface area contributed by atoms with Crippen molar-refractivity contribution in [2.24, 2.45) is 0 Å². The van der Waals surface area contributed by atoms with E-state index in [-0.39, 0.29) is 5.91 Å². The number of methoxy groups -OCH3 is 1. The van der Waals surface area contributed by atoms with E-state index in [1.165, 1.54) is 12.0 Å². The van der Waals surface area contributed by atoms with Gasteiger partial charge in [-0.25, -0.2) is 4.79 Å². The lowest BCUT2D eigenvalue weighted by atomic mass is 10.1. The summed E-state index contributed by atoms with van der Waals surface area (Å²) in [5.74, 6) is 0.211. The van der Waals surface area contributed by atoms with Crippen LogP contribution >= 0.6 is 23.1 Å². The normalized spacial score (nSPS) is 14.2. The van der Waals surface area contributed by atoms with Gasteiger partial charge in [0.05, 0.1) is 12.7 Å². The topological polar surface area (TPSA) is 60.3 Å². The summed E-state index contributed by atoms with van der Waals surface area (Å²) in [5.41, 5.74) is 1.85. The van der Waals surface area contributed by atoms with Crippen molar-refractivity contribution in [3.8, 4) is 5.00 Å². The first-order chi connectivity index (χ1) is 12.2. The molecule has 0 bridgehead atoms. The van der Waals surface area contributed by atoms with E-state index in [9.17, 15) is 9.59 Å². The maximum absolute atomic E-state index is 13.0. The van der Waals surface area contributed by atoms with Crippen LogP contribution in [0.25, 0.3) is 5.00 Å². The lowest BCUT2D eigenvalue weighted by Gasteiger charge is -2.17. The Bertz CT molecular complexity index is 753. The minimum absolute atomic E-state index is 0.181. The molecule has 1 atom stereocenters. The molecule has 0 aliphatic heterocycles. The molecule has 1 amide bonds. The summed E-state index contributed by atoms with van der Waals surface area (Å²) < 4.78 is 6.84. The monoisotopic (exact) mass is 378 g/mol. The molecule has 5 nitrogen and oxygen atoms in total. The first kappa shape index (κ1) is 18.1. The number of carbonyl (C=O) groups excluding carboxylic acids is 2. The molecular weight excluding hydrogens is 356 g/mol. The molecule has 0 unspecified atom stereocenters. The molecule has 0 fully saturated rings. The van der Waals surface area contributed by atoms with Crippen LogP contribution in [-0.2, 0) is 22.4 Å². The first-order valence-electron chi connectivity index (χ1n) is 8.31. The third kappa shape index (κ3) is 3.77. The maximum Gasteiger partial charge on any atom is 0.328 e. The van der Waals surface area contributed by atoms with Gasteiger partial charge in [-0.15, -0.1) is 11.3 Å². The second kappa shape index (κ2) is 8.10. The van der Waals surface area contributed by atoms with Crippen LogP contribution in [0, 0.1) is 0 Å². The summed E-state index contributed by atoms with van der Waals surface area (Å²) >= 11 is 3.32. The number of fused-ring (bicyclic) bond motifs is 1. The third-order valence-corrected chi connectivity index (χ3v) is 6.32. The van der Waals surface area contributed by atoms with Crippen LogP contribution < -0.4 is 5.32 Å². The molecule has 0 spiro atoms. The van der Waals surface area contributed by atoms with Crippen molar-refractivity contribution >= 4 is 35.0 Å². The van der Waals surface area contributed by atoms with Crippen molar-refractivity contribution in [1.29, 1.82) is 0 Å². The average Bonchev–Trinajstić information content (AvgIpc) is 3.33. The van der Waals surface area contributed by atoms with Gasteiger partial charge < -0.3 is 14.6 Å². The molecule has 0 radical (unpaired) electrons. The van der Waals surface area contributed by atoms with Gasteiger partial charge in [-0.2, -0.15) is 11.8 Å². The molecule has 1 N–H and O–H groups in total. The number of nitrogens with one attached hydrogen (secondary N) is 1. The van der Waals surface area contributed by atoms with E-state index in [0.717, 1.165) is 35.6 Å². The number of esters is 1. The van der Waals surface area contributed by atoms with Crippen LogP contribution in [0.5, 0.6) is 0 Å². The van der Waals surface area contributed by atoms with E-state index >= 15 is 0 Å². The number of hydrogen-bond acceptors (Lipinski definition) is 5. The minimum atomic E-state index is -0.612. The number of aromatic nitrogens is 1.